The van der Waals surface area contributed by atoms with Crippen LogP contribution >= 0.6 is 0 Å². The van der Waals surface area contributed by atoms with Crippen molar-refractivity contribution in [1.29, 1.82) is 0 Å². The van der Waals surface area contributed by atoms with Crippen LogP contribution in [-0.4, -0.2) is 36.1 Å². The Labute approximate surface area is 125 Å². The van der Waals surface area contributed by atoms with Gasteiger partial charge in [0.2, 0.25) is 17.8 Å². The first-order valence-electron chi connectivity index (χ1n) is 6.94. The Balaban J connectivity index is 2.21. The first-order chi connectivity index (χ1) is 9.99. The van der Waals surface area contributed by atoms with E-state index in [-0.39, 0.29) is 6.04 Å². The first kappa shape index (κ1) is 15.0. The second-order valence-corrected chi connectivity index (χ2v) is 5.20. The molecule has 21 heavy (non-hydrogen) atoms. The molecule has 0 aliphatic rings. The lowest BCUT2D eigenvalue weighted by Crippen LogP contribution is -2.17. The molecule has 1 aromatic carbocycles. The number of hydrogen-bond acceptors (Lipinski definition) is 6. The molecule has 1 heterocycles. The Bertz CT molecular complexity index is 594. The van der Waals surface area contributed by atoms with Crippen molar-refractivity contribution >= 4 is 17.8 Å². The van der Waals surface area contributed by atoms with E-state index in [0.717, 1.165) is 0 Å². The summed E-state index contributed by atoms with van der Waals surface area (Å²) in [6, 6.07) is 8.55. The van der Waals surface area contributed by atoms with E-state index in [1.54, 1.807) is 7.05 Å². The highest BCUT2D eigenvalue weighted by atomic mass is 15.3. The molecule has 2 N–H and O–H groups in total. The van der Waals surface area contributed by atoms with Crippen LogP contribution in [0.25, 0.3) is 0 Å². The smallest absolute Gasteiger partial charge is 0.231 e. The van der Waals surface area contributed by atoms with Crippen molar-refractivity contribution in [2.75, 3.05) is 36.7 Å². The van der Waals surface area contributed by atoms with Crippen LogP contribution in [0.5, 0.6) is 0 Å². The predicted molar refractivity (Wildman–Crippen MR) is 86.9 cm³/mol. The summed E-state index contributed by atoms with van der Waals surface area (Å²) in [6.45, 7) is 4.17. The van der Waals surface area contributed by atoms with Gasteiger partial charge in [0.05, 0.1) is 6.04 Å². The fourth-order valence-electron chi connectivity index (χ4n) is 1.87. The Kier molecular flexibility index (Phi) is 4.57. The SMILES string of the molecule is CNc1nc(NC(C)c2ccc(C)cc2)nc(N(C)C)n1. The molecule has 0 saturated carbocycles. The summed E-state index contributed by atoms with van der Waals surface area (Å²) in [7, 11) is 5.60. The summed E-state index contributed by atoms with van der Waals surface area (Å²) < 4.78 is 0. The number of aryl methyl sites for hydroxylation is 1. The maximum atomic E-state index is 4.42. The van der Waals surface area contributed by atoms with E-state index in [4.69, 9.17) is 0 Å². The molecule has 0 spiro atoms. The molecular weight excluding hydrogens is 264 g/mol. The normalized spacial score (nSPS) is 11.9. The lowest BCUT2D eigenvalue weighted by atomic mass is 10.1. The first-order valence-corrected chi connectivity index (χ1v) is 6.94. The Morgan fingerprint density at radius 3 is 2.19 bits per heavy atom. The number of nitrogens with one attached hydrogen (secondary N) is 2. The number of rotatable bonds is 5. The van der Waals surface area contributed by atoms with E-state index in [1.165, 1.54) is 11.1 Å². The zero-order chi connectivity index (χ0) is 15.4. The molecule has 1 aromatic heterocycles. The third-order valence-electron chi connectivity index (χ3n) is 3.17. The van der Waals surface area contributed by atoms with Crippen molar-refractivity contribution in [2.45, 2.75) is 19.9 Å². The van der Waals surface area contributed by atoms with Crippen molar-refractivity contribution < 1.29 is 0 Å². The zero-order valence-electron chi connectivity index (χ0n) is 13.2. The molecule has 0 bridgehead atoms. The molecule has 112 valence electrons. The molecule has 0 aliphatic carbocycles. The van der Waals surface area contributed by atoms with Gasteiger partial charge in [-0.1, -0.05) is 29.8 Å². The summed E-state index contributed by atoms with van der Waals surface area (Å²) in [6.07, 6.45) is 0. The van der Waals surface area contributed by atoms with Gasteiger partial charge in [-0.2, -0.15) is 15.0 Å². The average Bonchev–Trinajstić information content (AvgIpc) is 2.47. The van der Waals surface area contributed by atoms with E-state index >= 15 is 0 Å². The summed E-state index contributed by atoms with van der Waals surface area (Å²) in [4.78, 5) is 14.9. The maximum Gasteiger partial charge on any atom is 0.231 e. The van der Waals surface area contributed by atoms with Crippen molar-refractivity contribution in [3.63, 3.8) is 0 Å². The molecule has 2 aromatic rings. The molecule has 0 saturated heterocycles. The Hall–Kier alpha value is -2.37. The number of anilines is 3. The molecule has 1 unspecified atom stereocenters. The van der Waals surface area contributed by atoms with Gasteiger partial charge < -0.3 is 15.5 Å². The van der Waals surface area contributed by atoms with Crippen molar-refractivity contribution in [3.05, 3.63) is 35.4 Å². The van der Waals surface area contributed by atoms with Gasteiger partial charge in [-0.15, -0.1) is 0 Å². The van der Waals surface area contributed by atoms with Crippen LogP contribution in [0.15, 0.2) is 24.3 Å². The topological polar surface area (TPSA) is 66.0 Å². The highest BCUT2D eigenvalue weighted by Gasteiger charge is 2.11. The number of aromatic nitrogens is 3. The fourth-order valence-corrected chi connectivity index (χ4v) is 1.87. The highest BCUT2D eigenvalue weighted by molar-refractivity contribution is 5.44. The maximum absolute atomic E-state index is 4.42. The van der Waals surface area contributed by atoms with Crippen LogP contribution in [0.4, 0.5) is 17.8 Å². The predicted octanol–water partition coefficient (Wildman–Crippen LogP) is 2.46. The van der Waals surface area contributed by atoms with E-state index in [9.17, 15) is 0 Å². The van der Waals surface area contributed by atoms with Crippen LogP contribution in [0.2, 0.25) is 0 Å². The Morgan fingerprint density at radius 2 is 1.62 bits per heavy atom. The molecule has 6 nitrogen and oxygen atoms in total. The van der Waals surface area contributed by atoms with Gasteiger partial charge in [0.1, 0.15) is 0 Å². The second kappa shape index (κ2) is 6.39. The molecule has 0 fully saturated rings. The molecule has 2 rings (SSSR count). The molecule has 6 heteroatoms. The molecule has 0 aliphatic heterocycles. The minimum absolute atomic E-state index is 0.118. The van der Waals surface area contributed by atoms with Crippen LogP contribution in [0.3, 0.4) is 0 Å². The monoisotopic (exact) mass is 286 g/mol. The molecule has 0 amide bonds. The third-order valence-corrected chi connectivity index (χ3v) is 3.17. The van der Waals surface area contributed by atoms with Crippen LogP contribution < -0.4 is 15.5 Å². The summed E-state index contributed by atoms with van der Waals surface area (Å²) in [5, 5.41) is 6.27. The lowest BCUT2D eigenvalue weighted by molar-refractivity contribution is 0.848. The minimum Gasteiger partial charge on any atom is -0.357 e. The fraction of sp³-hybridized carbons (Fsp3) is 0.400. The van der Waals surface area contributed by atoms with Crippen LogP contribution in [0, 0.1) is 6.92 Å². The average molecular weight is 286 g/mol. The van der Waals surface area contributed by atoms with Gasteiger partial charge in [0.25, 0.3) is 0 Å². The summed E-state index contributed by atoms with van der Waals surface area (Å²) in [5.41, 5.74) is 2.44. The minimum atomic E-state index is 0.118. The van der Waals surface area contributed by atoms with E-state index in [2.05, 4.69) is 63.7 Å². The van der Waals surface area contributed by atoms with Gasteiger partial charge in [-0.05, 0) is 19.4 Å². The standard InChI is InChI=1S/C15H22N6/c1-10-6-8-12(9-7-10)11(2)17-14-18-13(16-3)19-15(20-14)21(4)5/h6-9,11H,1-5H3,(H2,16,17,18,19,20). The van der Waals surface area contributed by atoms with E-state index in [0.29, 0.717) is 17.8 Å². The quantitative estimate of drug-likeness (QED) is 0.880. The van der Waals surface area contributed by atoms with Gasteiger partial charge in [0.15, 0.2) is 0 Å². The summed E-state index contributed by atoms with van der Waals surface area (Å²) in [5.74, 6) is 1.73. The van der Waals surface area contributed by atoms with Crippen LogP contribution in [0.1, 0.15) is 24.1 Å². The van der Waals surface area contributed by atoms with Gasteiger partial charge in [-0.25, -0.2) is 0 Å². The summed E-state index contributed by atoms with van der Waals surface area (Å²) >= 11 is 0. The number of benzene rings is 1. The zero-order valence-corrected chi connectivity index (χ0v) is 13.2. The number of hydrogen-bond donors (Lipinski definition) is 2. The van der Waals surface area contributed by atoms with Crippen molar-refractivity contribution in [2.24, 2.45) is 0 Å². The number of nitrogens with zero attached hydrogens (tertiary/aromatic N) is 4. The van der Waals surface area contributed by atoms with Gasteiger partial charge in [0, 0.05) is 21.1 Å². The molecular formula is C15H22N6. The van der Waals surface area contributed by atoms with E-state index in [1.807, 2.05) is 19.0 Å². The Morgan fingerprint density at radius 1 is 1.00 bits per heavy atom. The van der Waals surface area contributed by atoms with Crippen molar-refractivity contribution in [1.82, 2.24) is 15.0 Å². The van der Waals surface area contributed by atoms with Gasteiger partial charge in [-0.3, -0.25) is 0 Å². The molecule has 0 radical (unpaired) electrons. The van der Waals surface area contributed by atoms with E-state index < -0.39 is 0 Å². The van der Waals surface area contributed by atoms with Gasteiger partial charge >= 0.3 is 0 Å². The van der Waals surface area contributed by atoms with Crippen molar-refractivity contribution in [3.8, 4) is 0 Å². The van der Waals surface area contributed by atoms with Crippen LogP contribution in [-0.2, 0) is 0 Å². The second-order valence-electron chi connectivity index (χ2n) is 5.20. The highest BCUT2D eigenvalue weighted by Crippen LogP contribution is 2.19. The third kappa shape index (κ3) is 3.81. The molecule has 1 atom stereocenters. The lowest BCUT2D eigenvalue weighted by Gasteiger charge is -2.17. The largest absolute Gasteiger partial charge is 0.357 e.